The van der Waals surface area contributed by atoms with E-state index in [9.17, 15) is 4.79 Å². The second-order valence-corrected chi connectivity index (χ2v) is 3.01. The Labute approximate surface area is 85.4 Å². The Kier molecular flexibility index (Phi) is 2.40. The summed E-state index contributed by atoms with van der Waals surface area (Å²) >= 11 is 0. The van der Waals surface area contributed by atoms with Crippen LogP contribution in [-0.2, 0) is 6.54 Å². The Morgan fingerprint density at radius 2 is 2.53 bits per heavy atom. The molecule has 1 amide bonds. The Morgan fingerprint density at radius 3 is 3.13 bits per heavy atom. The molecule has 15 heavy (non-hydrogen) atoms. The monoisotopic (exact) mass is 206 g/mol. The van der Waals surface area contributed by atoms with Gasteiger partial charge in [-0.2, -0.15) is 0 Å². The van der Waals surface area contributed by atoms with E-state index in [1.165, 1.54) is 6.20 Å². The molecule has 2 aromatic heterocycles. The number of anilines is 1. The van der Waals surface area contributed by atoms with Crippen LogP contribution in [0.2, 0.25) is 0 Å². The van der Waals surface area contributed by atoms with Crippen molar-refractivity contribution in [2.24, 2.45) is 0 Å². The van der Waals surface area contributed by atoms with Crippen molar-refractivity contribution in [1.29, 1.82) is 0 Å². The van der Waals surface area contributed by atoms with Gasteiger partial charge in [0.1, 0.15) is 5.69 Å². The van der Waals surface area contributed by atoms with E-state index in [2.05, 4.69) is 15.5 Å². The lowest BCUT2D eigenvalue weighted by Gasteiger charge is -1.99. The average molecular weight is 206 g/mol. The molecule has 0 aliphatic heterocycles. The summed E-state index contributed by atoms with van der Waals surface area (Å²) < 4.78 is 4.83. The number of nitrogens with one attached hydrogen (secondary N) is 2. The van der Waals surface area contributed by atoms with Crippen LogP contribution in [0.15, 0.2) is 29.0 Å². The van der Waals surface area contributed by atoms with Crippen molar-refractivity contribution in [3.8, 4) is 0 Å². The number of aromatic nitrogens is 2. The van der Waals surface area contributed by atoms with Crippen LogP contribution in [0.1, 0.15) is 16.2 Å². The third-order valence-electron chi connectivity index (χ3n) is 1.86. The van der Waals surface area contributed by atoms with Crippen LogP contribution < -0.4 is 11.1 Å². The lowest BCUT2D eigenvalue weighted by Crippen LogP contribution is -2.22. The Bertz CT molecular complexity index is 446. The third-order valence-corrected chi connectivity index (χ3v) is 1.86. The number of amides is 1. The van der Waals surface area contributed by atoms with E-state index in [1.807, 2.05) is 0 Å². The summed E-state index contributed by atoms with van der Waals surface area (Å²) in [6.45, 7) is 0.303. The molecule has 2 aromatic rings. The molecular formula is C9H10N4O2. The van der Waals surface area contributed by atoms with Crippen LogP contribution in [0.3, 0.4) is 0 Å². The molecule has 0 atom stereocenters. The number of carbonyl (C=O) groups is 1. The smallest absolute Gasteiger partial charge is 0.268 e. The van der Waals surface area contributed by atoms with Crippen LogP contribution in [0.25, 0.3) is 0 Å². The zero-order valence-corrected chi connectivity index (χ0v) is 7.86. The number of rotatable bonds is 3. The van der Waals surface area contributed by atoms with E-state index in [1.54, 1.807) is 18.3 Å². The number of carbonyl (C=O) groups excluding carboxylic acids is 1. The van der Waals surface area contributed by atoms with Gasteiger partial charge in [0.15, 0.2) is 5.76 Å². The Hall–Kier alpha value is -2.24. The summed E-state index contributed by atoms with van der Waals surface area (Å²) in [5.74, 6) is 0.367. The van der Waals surface area contributed by atoms with Gasteiger partial charge in [-0.25, -0.2) is 0 Å². The fourth-order valence-electron chi connectivity index (χ4n) is 1.14. The summed E-state index contributed by atoms with van der Waals surface area (Å²) in [5.41, 5.74) is 6.42. The van der Waals surface area contributed by atoms with Gasteiger partial charge in [0.05, 0.1) is 12.7 Å². The highest BCUT2D eigenvalue weighted by atomic mass is 16.5. The highest BCUT2D eigenvalue weighted by molar-refractivity contribution is 5.93. The molecule has 0 fully saturated rings. The molecule has 6 nitrogen and oxygen atoms in total. The number of hydrogen-bond donors (Lipinski definition) is 3. The third kappa shape index (κ3) is 2.16. The highest BCUT2D eigenvalue weighted by Crippen LogP contribution is 2.04. The molecule has 6 heteroatoms. The first-order valence-corrected chi connectivity index (χ1v) is 4.37. The van der Waals surface area contributed by atoms with Crippen molar-refractivity contribution in [3.05, 3.63) is 36.0 Å². The van der Waals surface area contributed by atoms with Crippen LogP contribution in [0.5, 0.6) is 0 Å². The van der Waals surface area contributed by atoms with E-state index in [-0.39, 0.29) is 5.91 Å². The molecule has 0 aromatic carbocycles. The SMILES string of the molecule is Nc1c[nH]c(C(=O)NCc2ccno2)c1. The first kappa shape index (κ1) is 9.32. The second-order valence-electron chi connectivity index (χ2n) is 3.01. The molecule has 0 bridgehead atoms. The molecule has 0 spiro atoms. The number of nitrogens with two attached hydrogens (primary N) is 1. The lowest BCUT2D eigenvalue weighted by atomic mass is 10.3. The van der Waals surface area contributed by atoms with E-state index >= 15 is 0 Å². The van der Waals surface area contributed by atoms with Gasteiger partial charge in [-0.1, -0.05) is 5.16 Å². The maximum atomic E-state index is 11.5. The van der Waals surface area contributed by atoms with Gasteiger partial charge in [-0.3, -0.25) is 4.79 Å². The van der Waals surface area contributed by atoms with Crippen molar-refractivity contribution in [2.45, 2.75) is 6.54 Å². The molecule has 0 radical (unpaired) electrons. The van der Waals surface area contributed by atoms with E-state index in [0.717, 1.165) is 0 Å². The number of aromatic amines is 1. The average Bonchev–Trinajstić information content (AvgIpc) is 2.84. The van der Waals surface area contributed by atoms with E-state index in [4.69, 9.17) is 10.3 Å². The predicted molar refractivity (Wildman–Crippen MR) is 52.9 cm³/mol. The number of nitrogens with zero attached hydrogens (tertiary/aromatic N) is 1. The van der Waals surface area contributed by atoms with Gasteiger partial charge in [-0.05, 0) is 6.07 Å². The Morgan fingerprint density at radius 1 is 1.67 bits per heavy atom. The van der Waals surface area contributed by atoms with Crippen molar-refractivity contribution in [1.82, 2.24) is 15.5 Å². The van der Waals surface area contributed by atoms with Crippen LogP contribution in [0.4, 0.5) is 5.69 Å². The topological polar surface area (TPSA) is 96.9 Å². The largest absolute Gasteiger partial charge is 0.397 e. The fraction of sp³-hybridized carbons (Fsp3) is 0.111. The van der Waals surface area contributed by atoms with Gasteiger partial charge in [0.25, 0.3) is 5.91 Å². The second kappa shape index (κ2) is 3.87. The minimum atomic E-state index is -0.233. The summed E-state index contributed by atoms with van der Waals surface area (Å²) in [7, 11) is 0. The normalized spacial score (nSPS) is 10.1. The highest BCUT2D eigenvalue weighted by Gasteiger charge is 2.07. The number of nitrogen functional groups attached to an aromatic ring is 1. The van der Waals surface area contributed by atoms with Gasteiger partial charge < -0.3 is 20.6 Å². The molecule has 0 aliphatic rings. The van der Waals surface area contributed by atoms with Gasteiger partial charge in [0.2, 0.25) is 0 Å². The molecule has 4 N–H and O–H groups in total. The predicted octanol–water partition coefficient (Wildman–Crippen LogP) is 0.515. The van der Waals surface area contributed by atoms with Crippen LogP contribution in [0, 0.1) is 0 Å². The molecule has 0 unspecified atom stereocenters. The molecule has 0 aliphatic carbocycles. The summed E-state index contributed by atoms with van der Waals surface area (Å²) in [4.78, 5) is 14.2. The molecule has 2 heterocycles. The standard InChI is InChI=1S/C9H10N4O2/c10-6-3-8(11-4-6)9(14)12-5-7-1-2-13-15-7/h1-4,11H,5,10H2,(H,12,14). The molecular weight excluding hydrogens is 196 g/mol. The zero-order chi connectivity index (χ0) is 10.7. The van der Waals surface area contributed by atoms with Gasteiger partial charge >= 0.3 is 0 Å². The lowest BCUT2D eigenvalue weighted by molar-refractivity contribution is 0.0942. The van der Waals surface area contributed by atoms with E-state index < -0.39 is 0 Å². The first-order chi connectivity index (χ1) is 7.25. The molecule has 0 saturated heterocycles. The minimum absolute atomic E-state index is 0.233. The maximum Gasteiger partial charge on any atom is 0.268 e. The molecule has 78 valence electrons. The number of hydrogen-bond acceptors (Lipinski definition) is 4. The molecule has 0 saturated carbocycles. The fourth-order valence-corrected chi connectivity index (χ4v) is 1.14. The maximum absolute atomic E-state index is 11.5. The Balaban J connectivity index is 1.93. The first-order valence-electron chi connectivity index (χ1n) is 4.37. The summed E-state index contributed by atoms with van der Waals surface area (Å²) in [6.07, 6.45) is 3.08. The van der Waals surface area contributed by atoms with Crippen molar-refractivity contribution in [3.63, 3.8) is 0 Å². The molecule has 2 rings (SSSR count). The van der Waals surface area contributed by atoms with Crippen molar-refractivity contribution in [2.75, 3.05) is 5.73 Å². The minimum Gasteiger partial charge on any atom is -0.397 e. The van der Waals surface area contributed by atoms with Crippen molar-refractivity contribution < 1.29 is 9.32 Å². The van der Waals surface area contributed by atoms with Crippen molar-refractivity contribution >= 4 is 11.6 Å². The summed E-state index contributed by atoms with van der Waals surface area (Å²) in [6, 6.07) is 3.25. The summed E-state index contributed by atoms with van der Waals surface area (Å²) in [5, 5.41) is 6.18. The van der Waals surface area contributed by atoms with E-state index in [0.29, 0.717) is 23.7 Å². The zero-order valence-electron chi connectivity index (χ0n) is 7.86. The number of H-pyrrole nitrogens is 1. The van der Waals surface area contributed by atoms with Crippen LogP contribution >= 0.6 is 0 Å². The van der Waals surface area contributed by atoms with Crippen LogP contribution in [-0.4, -0.2) is 16.0 Å². The quantitative estimate of drug-likeness (QED) is 0.681. The van der Waals surface area contributed by atoms with Gasteiger partial charge in [0, 0.05) is 18.0 Å². The van der Waals surface area contributed by atoms with Gasteiger partial charge in [-0.15, -0.1) is 0 Å².